The van der Waals surface area contributed by atoms with Gasteiger partial charge in [0.05, 0.1) is 5.09 Å². The van der Waals surface area contributed by atoms with Crippen LogP contribution < -0.4 is 12.3 Å². The molecule has 0 spiro atoms. The summed E-state index contributed by atoms with van der Waals surface area (Å²) in [7, 11) is 0. The molecule has 0 aromatic rings. The van der Waals surface area contributed by atoms with E-state index in [1.807, 2.05) is 0 Å². The number of hydrogen-bond acceptors (Lipinski definition) is 4. The lowest BCUT2D eigenvalue weighted by Crippen LogP contribution is -1.74. The predicted octanol–water partition coefficient (Wildman–Crippen LogP) is 0.412. The van der Waals surface area contributed by atoms with E-state index in [0.29, 0.717) is 0 Å². The molecule has 0 rings (SSSR count). The van der Waals surface area contributed by atoms with Crippen LogP contribution in [-0.2, 0) is 0 Å². The SMILES string of the molecule is N.O=[N+]([O-])[O-].S.[NH4+]. The minimum atomic E-state index is -1.75. The molecular weight excluding hydrogens is 122 g/mol. The number of quaternary nitrogens is 1. The van der Waals surface area contributed by atoms with Gasteiger partial charge in [0.25, 0.3) is 0 Å². The van der Waals surface area contributed by atoms with E-state index in [0.717, 1.165) is 0 Å². The van der Waals surface area contributed by atoms with Crippen LogP contribution in [0.3, 0.4) is 0 Å². The summed E-state index contributed by atoms with van der Waals surface area (Å²) in [6, 6.07) is 0. The zero-order chi connectivity index (χ0) is 3.58. The van der Waals surface area contributed by atoms with Crippen molar-refractivity contribution in [2.45, 2.75) is 0 Å². The summed E-state index contributed by atoms with van der Waals surface area (Å²) >= 11 is 0. The summed E-state index contributed by atoms with van der Waals surface area (Å²) in [6.45, 7) is 0. The van der Waals surface area contributed by atoms with Gasteiger partial charge < -0.3 is 27.6 Å². The Labute approximate surface area is 47.2 Å². The quantitative estimate of drug-likeness (QED) is 0.363. The number of rotatable bonds is 0. The van der Waals surface area contributed by atoms with Gasteiger partial charge in [-0.05, 0) is 0 Å². The molecule has 0 saturated heterocycles. The molecule has 0 unspecified atom stereocenters. The highest BCUT2D eigenvalue weighted by atomic mass is 32.1. The molecule has 0 amide bonds. The summed E-state index contributed by atoms with van der Waals surface area (Å²) < 4.78 is 0. The maximum atomic E-state index is 8.25. The monoisotopic (exact) mass is 131 g/mol. The second-order valence-corrected chi connectivity index (χ2v) is 0.224. The largest absolute Gasteiger partial charge is 0.369 e. The van der Waals surface area contributed by atoms with E-state index < -0.39 is 5.09 Å². The molecule has 0 saturated carbocycles. The average Bonchev–Trinajstić information content (AvgIpc) is 0.811. The Balaban J connectivity index is -0.0000000150. The third-order valence-electron chi connectivity index (χ3n) is 0. The molecule has 0 radical (unpaired) electrons. The molecule has 0 aliphatic rings. The molecule has 0 fully saturated rings. The zero-order valence-corrected chi connectivity index (χ0v) is 4.88. The van der Waals surface area contributed by atoms with Gasteiger partial charge in [-0.2, -0.15) is 13.5 Å². The van der Waals surface area contributed by atoms with Crippen LogP contribution in [0, 0.1) is 15.3 Å². The topological polar surface area (TPSA) is 138 Å². The first-order chi connectivity index (χ1) is 1.73. The number of nitrogens with zero attached hydrogens (tertiary/aromatic N) is 1. The third-order valence-corrected chi connectivity index (χ3v) is 0. The Morgan fingerprint density at radius 3 is 1.29 bits per heavy atom. The maximum Gasteiger partial charge on any atom is 0.0689 e. The van der Waals surface area contributed by atoms with Gasteiger partial charge in [-0.15, -0.1) is 0 Å². The van der Waals surface area contributed by atoms with Crippen LogP contribution in [0.15, 0.2) is 0 Å². The Morgan fingerprint density at radius 1 is 1.29 bits per heavy atom. The normalized spacial score (nSPS) is 3.43. The Morgan fingerprint density at radius 2 is 1.29 bits per heavy atom. The Hall–Kier alpha value is -0.530. The van der Waals surface area contributed by atoms with Gasteiger partial charge in [0, 0.05) is 0 Å². The molecular formula is H9N3O3S. The average molecular weight is 131 g/mol. The van der Waals surface area contributed by atoms with Crippen molar-refractivity contribution in [3.8, 4) is 0 Å². The Kier molecular flexibility index (Phi) is 81.2. The number of hydrogen-bond donors (Lipinski definition) is 2. The lowest BCUT2D eigenvalue weighted by atomic mass is 13.1. The zero-order valence-electron chi connectivity index (χ0n) is 3.88. The van der Waals surface area contributed by atoms with Crippen LogP contribution in [0.5, 0.6) is 0 Å². The fourth-order valence-corrected chi connectivity index (χ4v) is 0. The van der Waals surface area contributed by atoms with E-state index in [1.165, 1.54) is 0 Å². The smallest absolute Gasteiger partial charge is 0.0689 e. The first-order valence-corrected chi connectivity index (χ1v) is 0.548. The predicted molar refractivity (Wildman–Crippen MR) is 31.7 cm³/mol. The van der Waals surface area contributed by atoms with Gasteiger partial charge in [0.1, 0.15) is 0 Å². The van der Waals surface area contributed by atoms with E-state index >= 15 is 0 Å². The molecule has 7 N–H and O–H groups in total. The molecule has 7 heteroatoms. The van der Waals surface area contributed by atoms with Crippen LogP contribution in [0.1, 0.15) is 0 Å². The van der Waals surface area contributed by atoms with Crippen LogP contribution in [0.2, 0.25) is 0 Å². The van der Waals surface area contributed by atoms with E-state index in [4.69, 9.17) is 15.3 Å². The van der Waals surface area contributed by atoms with Crippen molar-refractivity contribution in [2.75, 3.05) is 0 Å². The van der Waals surface area contributed by atoms with Crippen molar-refractivity contribution in [1.29, 1.82) is 0 Å². The lowest BCUT2D eigenvalue weighted by molar-refractivity contribution is -0.402. The van der Waals surface area contributed by atoms with Crippen LogP contribution >= 0.6 is 13.5 Å². The Bertz CT molecular complexity index is 33.2. The van der Waals surface area contributed by atoms with Crippen LogP contribution in [-0.4, -0.2) is 5.09 Å². The highest BCUT2D eigenvalue weighted by Crippen LogP contribution is 1.44. The summed E-state index contributed by atoms with van der Waals surface area (Å²) in [4.78, 5) is 8.25. The fourth-order valence-electron chi connectivity index (χ4n) is 0. The van der Waals surface area contributed by atoms with Crippen LogP contribution in [0.4, 0.5) is 0 Å². The lowest BCUT2D eigenvalue weighted by Gasteiger charge is -1.74. The second-order valence-electron chi connectivity index (χ2n) is 0.224. The van der Waals surface area contributed by atoms with E-state index in [1.54, 1.807) is 0 Å². The van der Waals surface area contributed by atoms with Gasteiger partial charge in [-0.3, -0.25) is 0 Å². The van der Waals surface area contributed by atoms with E-state index in [2.05, 4.69) is 0 Å². The first kappa shape index (κ1) is 31.7. The van der Waals surface area contributed by atoms with Crippen molar-refractivity contribution in [1.82, 2.24) is 12.3 Å². The summed E-state index contributed by atoms with van der Waals surface area (Å²) in [5.74, 6) is 0. The highest BCUT2D eigenvalue weighted by Gasteiger charge is 1.45. The van der Waals surface area contributed by atoms with Crippen molar-refractivity contribution >= 4 is 13.5 Å². The molecule has 0 atom stereocenters. The van der Waals surface area contributed by atoms with Crippen molar-refractivity contribution in [3.05, 3.63) is 15.3 Å². The minimum absolute atomic E-state index is 0. The molecule has 0 aromatic carbocycles. The molecule has 7 heavy (non-hydrogen) atoms. The molecule has 0 aliphatic carbocycles. The van der Waals surface area contributed by atoms with Crippen LogP contribution in [0.25, 0.3) is 0 Å². The first-order valence-electron chi connectivity index (χ1n) is 0.548. The van der Waals surface area contributed by atoms with Gasteiger partial charge in [0.15, 0.2) is 0 Å². The fraction of sp³-hybridized carbons (Fsp3) is 0. The third kappa shape index (κ3) is 234. The molecule has 0 aromatic heterocycles. The second kappa shape index (κ2) is 17.9. The van der Waals surface area contributed by atoms with E-state index in [-0.39, 0.29) is 25.8 Å². The highest BCUT2D eigenvalue weighted by molar-refractivity contribution is 7.59. The molecule has 0 bridgehead atoms. The minimum Gasteiger partial charge on any atom is -0.369 e. The van der Waals surface area contributed by atoms with Gasteiger partial charge in [-0.1, -0.05) is 0 Å². The van der Waals surface area contributed by atoms with Gasteiger partial charge in [0.2, 0.25) is 0 Å². The summed E-state index contributed by atoms with van der Waals surface area (Å²) in [5, 5.41) is 14.8. The summed E-state index contributed by atoms with van der Waals surface area (Å²) in [6.07, 6.45) is 0. The van der Waals surface area contributed by atoms with Gasteiger partial charge in [-0.25, -0.2) is 0 Å². The molecule has 6 nitrogen and oxygen atoms in total. The molecule has 48 valence electrons. The molecule has 0 aliphatic heterocycles. The van der Waals surface area contributed by atoms with Crippen molar-refractivity contribution < 1.29 is 5.09 Å². The van der Waals surface area contributed by atoms with Crippen molar-refractivity contribution in [2.24, 2.45) is 0 Å². The van der Waals surface area contributed by atoms with Gasteiger partial charge >= 0.3 is 0 Å². The van der Waals surface area contributed by atoms with Crippen molar-refractivity contribution in [3.63, 3.8) is 0 Å². The maximum absolute atomic E-state index is 8.25. The standard InChI is InChI=1S/NO3.2H3N.H2S/c2-1(3)4;;;/h;2*1H3;1H2/q-1;;;/p+1. The van der Waals surface area contributed by atoms with E-state index in [9.17, 15) is 0 Å². The summed E-state index contributed by atoms with van der Waals surface area (Å²) in [5.41, 5.74) is 0. The molecule has 0 heterocycles.